The number of nitrogens with one attached hydrogen (secondary N) is 1. The maximum atomic E-state index is 12.3. The molecule has 1 N–H and O–H groups in total. The maximum absolute atomic E-state index is 12.3. The molecule has 1 atom stereocenters. The molecule has 0 saturated heterocycles. The number of esters is 1. The van der Waals surface area contributed by atoms with Crippen LogP contribution in [-0.2, 0) is 9.53 Å². The molecule has 0 radical (unpaired) electrons. The van der Waals surface area contributed by atoms with E-state index in [9.17, 15) is 4.79 Å². The average Bonchev–Trinajstić information content (AvgIpc) is 2.94. The van der Waals surface area contributed by atoms with Gasteiger partial charge in [-0.05, 0) is 26.0 Å². The summed E-state index contributed by atoms with van der Waals surface area (Å²) in [7, 11) is 0. The lowest BCUT2D eigenvalue weighted by Gasteiger charge is -2.27. The Hall–Kier alpha value is -2.70. The first-order valence-corrected chi connectivity index (χ1v) is 6.67. The van der Waals surface area contributed by atoms with Gasteiger partial charge in [0.15, 0.2) is 0 Å². The first-order valence-electron chi connectivity index (χ1n) is 6.67. The van der Waals surface area contributed by atoms with Crippen LogP contribution in [0.3, 0.4) is 0 Å². The van der Waals surface area contributed by atoms with Crippen LogP contribution in [0.1, 0.15) is 25.6 Å². The number of fused-ring (bicyclic) bond motifs is 1. The Morgan fingerprint density at radius 1 is 1.43 bits per heavy atom. The number of nitrogens with zero attached hydrogens (tertiary/aromatic N) is 4. The minimum absolute atomic E-state index is 0.314. The van der Waals surface area contributed by atoms with E-state index in [0.29, 0.717) is 29.5 Å². The number of carbonyl (C=O) groups is 1. The van der Waals surface area contributed by atoms with Crippen LogP contribution in [0.25, 0.3) is 0 Å². The van der Waals surface area contributed by atoms with Crippen LogP contribution < -0.4 is 5.32 Å². The number of hydrogen-bond donors (Lipinski definition) is 1. The lowest BCUT2D eigenvalue weighted by molar-refractivity contribution is -0.139. The summed E-state index contributed by atoms with van der Waals surface area (Å²) in [5.41, 5.74) is 1.91. The highest BCUT2D eigenvalue weighted by Crippen LogP contribution is 2.33. The summed E-state index contributed by atoms with van der Waals surface area (Å²) in [6.07, 6.45) is 3.13. The molecule has 0 saturated carbocycles. The molecule has 1 aliphatic rings. The van der Waals surface area contributed by atoms with E-state index in [1.54, 1.807) is 17.8 Å². The summed E-state index contributed by atoms with van der Waals surface area (Å²) in [6.45, 7) is 3.91. The largest absolute Gasteiger partial charge is 0.463 e. The molecule has 0 fully saturated rings. The number of pyridine rings is 1. The minimum Gasteiger partial charge on any atom is -0.463 e. The van der Waals surface area contributed by atoms with Crippen molar-refractivity contribution in [3.05, 3.63) is 47.7 Å². The van der Waals surface area contributed by atoms with Gasteiger partial charge in [-0.2, -0.15) is 10.1 Å². The van der Waals surface area contributed by atoms with Crippen molar-refractivity contribution in [3.8, 4) is 0 Å². The highest BCUT2D eigenvalue weighted by atomic mass is 16.5. The van der Waals surface area contributed by atoms with Crippen LogP contribution in [0.4, 0.5) is 5.95 Å². The van der Waals surface area contributed by atoms with Gasteiger partial charge in [0.25, 0.3) is 0 Å². The topological polar surface area (TPSA) is 81.9 Å². The van der Waals surface area contributed by atoms with E-state index in [1.165, 1.54) is 6.33 Å². The number of anilines is 1. The van der Waals surface area contributed by atoms with Gasteiger partial charge >= 0.3 is 5.97 Å². The predicted octanol–water partition coefficient (Wildman–Crippen LogP) is 1.53. The van der Waals surface area contributed by atoms with E-state index in [-0.39, 0.29) is 5.97 Å². The molecular weight excluding hydrogens is 270 g/mol. The summed E-state index contributed by atoms with van der Waals surface area (Å²) in [5, 5.41) is 7.27. The van der Waals surface area contributed by atoms with Crippen LogP contribution in [0.5, 0.6) is 0 Å². The van der Waals surface area contributed by atoms with Crippen LogP contribution in [-0.4, -0.2) is 32.3 Å². The van der Waals surface area contributed by atoms with Gasteiger partial charge in [0.2, 0.25) is 5.95 Å². The molecular formula is C14H15N5O2. The normalized spacial score (nSPS) is 17.1. The van der Waals surface area contributed by atoms with E-state index in [2.05, 4.69) is 20.4 Å². The molecule has 0 aromatic carbocycles. The third-order valence-corrected chi connectivity index (χ3v) is 3.26. The Kier molecular flexibility index (Phi) is 3.39. The first-order chi connectivity index (χ1) is 10.2. The Morgan fingerprint density at radius 2 is 2.29 bits per heavy atom. The molecule has 108 valence electrons. The van der Waals surface area contributed by atoms with E-state index >= 15 is 0 Å². The summed E-state index contributed by atoms with van der Waals surface area (Å²) in [6, 6.07) is 5.12. The van der Waals surface area contributed by atoms with Crippen molar-refractivity contribution < 1.29 is 9.53 Å². The Balaban J connectivity index is 2.13. The van der Waals surface area contributed by atoms with Crippen LogP contribution in [0, 0.1) is 0 Å². The number of rotatable bonds is 3. The fraction of sp³-hybridized carbons (Fsp3) is 0.286. The zero-order valence-corrected chi connectivity index (χ0v) is 11.8. The highest BCUT2D eigenvalue weighted by molar-refractivity contribution is 5.92. The van der Waals surface area contributed by atoms with Gasteiger partial charge in [-0.1, -0.05) is 6.07 Å². The molecule has 3 heterocycles. The molecule has 2 aromatic heterocycles. The molecule has 0 aliphatic carbocycles. The second-order valence-electron chi connectivity index (χ2n) is 4.57. The maximum Gasteiger partial charge on any atom is 0.338 e. The molecule has 1 unspecified atom stereocenters. The zero-order chi connectivity index (χ0) is 14.8. The Morgan fingerprint density at radius 3 is 3.00 bits per heavy atom. The highest BCUT2D eigenvalue weighted by Gasteiger charge is 2.34. The van der Waals surface area contributed by atoms with Gasteiger partial charge in [0, 0.05) is 11.9 Å². The summed E-state index contributed by atoms with van der Waals surface area (Å²) in [5.74, 6) is 0.204. The monoisotopic (exact) mass is 285 g/mol. The van der Waals surface area contributed by atoms with Gasteiger partial charge in [0.1, 0.15) is 12.4 Å². The third kappa shape index (κ3) is 2.26. The average molecular weight is 285 g/mol. The van der Waals surface area contributed by atoms with E-state index in [1.807, 2.05) is 25.1 Å². The van der Waals surface area contributed by atoms with Crippen molar-refractivity contribution in [2.24, 2.45) is 0 Å². The number of aromatic nitrogens is 4. The molecule has 2 aromatic rings. The smallest absolute Gasteiger partial charge is 0.338 e. The molecule has 0 spiro atoms. The summed E-state index contributed by atoms with van der Waals surface area (Å²) < 4.78 is 6.81. The number of allylic oxidation sites excluding steroid dienone is 1. The third-order valence-electron chi connectivity index (χ3n) is 3.26. The van der Waals surface area contributed by atoms with Gasteiger partial charge in [0.05, 0.1) is 17.9 Å². The molecule has 7 nitrogen and oxygen atoms in total. The van der Waals surface area contributed by atoms with Crippen molar-refractivity contribution in [1.29, 1.82) is 0 Å². The van der Waals surface area contributed by atoms with Gasteiger partial charge in [-0.25, -0.2) is 9.48 Å². The van der Waals surface area contributed by atoms with Crippen molar-refractivity contribution in [2.45, 2.75) is 19.9 Å². The standard InChI is InChI=1S/C14H15N5O2/c1-3-21-13(20)11-9(2)18-14-16-8-17-19(14)12(11)10-6-4-5-7-15-10/h4-8,12H,3H2,1-2H3,(H,16,17,18). The molecule has 3 rings (SSSR count). The van der Waals surface area contributed by atoms with Crippen molar-refractivity contribution in [1.82, 2.24) is 19.7 Å². The molecule has 0 bridgehead atoms. The number of ether oxygens (including phenoxy) is 1. The van der Waals surface area contributed by atoms with Crippen molar-refractivity contribution >= 4 is 11.9 Å². The molecule has 1 aliphatic heterocycles. The summed E-state index contributed by atoms with van der Waals surface area (Å²) >= 11 is 0. The fourth-order valence-corrected chi connectivity index (χ4v) is 2.38. The lowest BCUT2D eigenvalue weighted by atomic mass is 10.00. The van der Waals surface area contributed by atoms with E-state index in [4.69, 9.17) is 4.74 Å². The zero-order valence-electron chi connectivity index (χ0n) is 11.8. The lowest BCUT2D eigenvalue weighted by Crippen LogP contribution is -2.30. The Labute approximate surface area is 121 Å². The summed E-state index contributed by atoms with van der Waals surface area (Å²) in [4.78, 5) is 20.8. The quantitative estimate of drug-likeness (QED) is 0.861. The van der Waals surface area contributed by atoms with E-state index < -0.39 is 6.04 Å². The van der Waals surface area contributed by atoms with E-state index in [0.717, 1.165) is 0 Å². The van der Waals surface area contributed by atoms with Crippen molar-refractivity contribution in [2.75, 3.05) is 11.9 Å². The number of hydrogen-bond acceptors (Lipinski definition) is 6. The van der Waals surface area contributed by atoms with Crippen molar-refractivity contribution in [3.63, 3.8) is 0 Å². The number of carbonyl (C=O) groups excluding carboxylic acids is 1. The van der Waals surface area contributed by atoms with Crippen LogP contribution in [0.15, 0.2) is 42.0 Å². The minimum atomic E-state index is -0.441. The van der Waals surface area contributed by atoms with Gasteiger partial charge in [-0.15, -0.1) is 0 Å². The SMILES string of the molecule is CCOC(=O)C1=C(C)Nc2ncnn2C1c1ccccn1. The van der Waals surface area contributed by atoms with Crippen LogP contribution >= 0.6 is 0 Å². The first kappa shape index (κ1) is 13.3. The second-order valence-corrected chi connectivity index (χ2v) is 4.57. The second kappa shape index (κ2) is 5.35. The fourth-order valence-electron chi connectivity index (χ4n) is 2.38. The Bertz CT molecular complexity index is 692. The molecule has 21 heavy (non-hydrogen) atoms. The van der Waals surface area contributed by atoms with Gasteiger partial charge < -0.3 is 10.1 Å². The predicted molar refractivity (Wildman–Crippen MR) is 75.4 cm³/mol. The molecule has 7 heteroatoms. The van der Waals surface area contributed by atoms with Gasteiger partial charge in [-0.3, -0.25) is 4.98 Å². The molecule has 0 amide bonds. The van der Waals surface area contributed by atoms with Crippen LogP contribution in [0.2, 0.25) is 0 Å².